The summed E-state index contributed by atoms with van der Waals surface area (Å²) < 4.78 is 32.8. The molecule has 118 valence electrons. The molecule has 1 aliphatic rings. The molecule has 0 aromatic heterocycles. The number of allylic oxidation sites excluding steroid dienone is 3. The number of rotatable bonds is 4. The van der Waals surface area contributed by atoms with Crippen molar-refractivity contribution in [1.82, 2.24) is 4.31 Å². The molecule has 2 rings (SSSR count). The van der Waals surface area contributed by atoms with Crippen LogP contribution >= 0.6 is 15.9 Å². The van der Waals surface area contributed by atoms with Gasteiger partial charge in [0.05, 0.1) is 22.0 Å². The van der Waals surface area contributed by atoms with Gasteiger partial charge in [0, 0.05) is 12.7 Å². The molecule has 22 heavy (non-hydrogen) atoms. The molecule has 0 N–H and O–H groups in total. The van der Waals surface area contributed by atoms with E-state index in [9.17, 15) is 13.4 Å². The Kier molecular flexibility index (Phi) is 5.52. The third-order valence-corrected chi connectivity index (χ3v) is 5.23. The van der Waals surface area contributed by atoms with Crippen LogP contribution in [0.3, 0.4) is 0 Å². The first-order chi connectivity index (χ1) is 10.5. The van der Waals surface area contributed by atoms with Gasteiger partial charge in [0.15, 0.2) is 11.0 Å². The van der Waals surface area contributed by atoms with E-state index in [-0.39, 0.29) is 14.9 Å². The zero-order valence-electron chi connectivity index (χ0n) is 12.1. The topological polar surface area (TPSA) is 46.6 Å². The van der Waals surface area contributed by atoms with Crippen LogP contribution < -0.4 is 0 Å². The van der Waals surface area contributed by atoms with E-state index in [1.165, 1.54) is 13.2 Å². The molecular formula is C15H15BrFNO3S. The van der Waals surface area contributed by atoms with Crippen LogP contribution in [0.1, 0.15) is 23.2 Å². The maximum absolute atomic E-state index is 13.7. The number of esters is 1. The average molecular weight is 388 g/mol. The number of ether oxygens (including phenoxy) is 1. The summed E-state index contributed by atoms with van der Waals surface area (Å²) in [7, 11) is 1.20. The minimum atomic E-state index is -1.66. The lowest BCUT2D eigenvalue weighted by atomic mass is 10.1. The zero-order chi connectivity index (χ0) is 16.3. The molecule has 0 saturated carbocycles. The maximum atomic E-state index is 13.7. The highest BCUT2D eigenvalue weighted by Gasteiger charge is 2.23. The fourth-order valence-corrected chi connectivity index (χ4v) is 3.68. The van der Waals surface area contributed by atoms with Gasteiger partial charge in [-0.2, -0.15) is 0 Å². The smallest absolute Gasteiger partial charge is 0.339 e. The quantitative estimate of drug-likeness (QED) is 0.741. The number of carbonyl (C=O) groups excluding carboxylic acids is 1. The van der Waals surface area contributed by atoms with Gasteiger partial charge < -0.3 is 4.74 Å². The summed E-state index contributed by atoms with van der Waals surface area (Å²) in [5.41, 5.74) is 0.745. The average Bonchev–Trinajstić information content (AvgIpc) is 2.55. The molecule has 1 aromatic rings. The molecule has 4 nitrogen and oxygen atoms in total. The lowest BCUT2D eigenvalue weighted by Gasteiger charge is -2.22. The Bertz CT molecular complexity index is 688. The molecule has 0 bridgehead atoms. The molecule has 0 radical (unpaired) electrons. The highest BCUT2D eigenvalue weighted by molar-refractivity contribution is 9.10. The van der Waals surface area contributed by atoms with E-state index in [4.69, 9.17) is 0 Å². The Morgan fingerprint density at radius 3 is 2.73 bits per heavy atom. The van der Waals surface area contributed by atoms with Crippen LogP contribution in [0, 0.1) is 5.82 Å². The highest BCUT2D eigenvalue weighted by Crippen LogP contribution is 2.27. The first kappa shape index (κ1) is 16.9. The van der Waals surface area contributed by atoms with Crippen molar-refractivity contribution >= 4 is 32.9 Å². The number of methoxy groups -OCH3 is 1. The molecule has 0 fully saturated rings. The Balaban J connectivity index is 2.44. The summed E-state index contributed by atoms with van der Waals surface area (Å²) in [5, 5.41) is 0. The van der Waals surface area contributed by atoms with E-state index in [1.54, 1.807) is 11.4 Å². The van der Waals surface area contributed by atoms with E-state index in [1.807, 2.05) is 18.2 Å². The molecule has 0 saturated heterocycles. The first-order valence-electron chi connectivity index (χ1n) is 6.55. The number of hydrogen-bond acceptors (Lipinski definition) is 3. The normalized spacial score (nSPS) is 15.2. The Labute approximate surface area is 139 Å². The number of halogens is 2. The van der Waals surface area contributed by atoms with Crippen LogP contribution in [0.5, 0.6) is 0 Å². The predicted octanol–water partition coefficient (Wildman–Crippen LogP) is 3.56. The SMILES string of the molecule is COC(=O)c1cc(F)c(Br)cc1S(=O)N(C)C1=CCCC=C1. The van der Waals surface area contributed by atoms with E-state index >= 15 is 0 Å². The van der Waals surface area contributed by atoms with E-state index in [2.05, 4.69) is 20.7 Å². The van der Waals surface area contributed by atoms with Crippen molar-refractivity contribution in [3.8, 4) is 0 Å². The van der Waals surface area contributed by atoms with Gasteiger partial charge in [-0.1, -0.05) is 12.2 Å². The second-order valence-corrected chi connectivity index (χ2v) is 6.95. The minimum absolute atomic E-state index is 0.0474. The summed E-state index contributed by atoms with van der Waals surface area (Å²) >= 11 is 3.06. The molecule has 0 spiro atoms. The molecule has 7 heteroatoms. The number of nitrogens with zero attached hydrogens (tertiary/aromatic N) is 1. The van der Waals surface area contributed by atoms with Crippen LogP contribution in [0.2, 0.25) is 0 Å². The van der Waals surface area contributed by atoms with Gasteiger partial charge in [-0.15, -0.1) is 0 Å². The summed E-state index contributed by atoms with van der Waals surface area (Å²) in [5.74, 6) is -1.34. The predicted molar refractivity (Wildman–Crippen MR) is 86.1 cm³/mol. The van der Waals surface area contributed by atoms with Crippen LogP contribution in [-0.2, 0) is 15.7 Å². The fourth-order valence-electron chi connectivity index (χ4n) is 2.02. The molecule has 0 amide bonds. The monoisotopic (exact) mass is 387 g/mol. The van der Waals surface area contributed by atoms with E-state index < -0.39 is 22.8 Å². The van der Waals surface area contributed by atoms with Crippen molar-refractivity contribution < 1.29 is 18.1 Å². The van der Waals surface area contributed by atoms with Crippen molar-refractivity contribution in [2.45, 2.75) is 17.7 Å². The van der Waals surface area contributed by atoms with Gasteiger partial charge >= 0.3 is 5.97 Å². The van der Waals surface area contributed by atoms with Crippen molar-refractivity contribution in [3.63, 3.8) is 0 Å². The Morgan fingerprint density at radius 1 is 1.41 bits per heavy atom. The molecule has 1 aromatic carbocycles. The molecular weight excluding hydrogens is 373 g/mol. The van der Waals surface area contributed by atoms with Gasteiger partial charge in [0.25, 0.3) is 0 Å². The summed E-state index contributed by atoms with van der Waals surface area (Å²) in [6.45, 7) is 0. The lowest BCUT2D eigenvalue weighted by Crippen LogP contribution is -2.22. The van der Waals surface area contributed by atoms with Crippen LogP contribution in [0.4, 0.5) is 4.39 Å². The van der Waals surface area contributed by atoms with Crippen LogP contribution in [0.25, 0.3) is 0 Å². The summed E-state index contributed by atoms with van der Waals surface area (Å²) in [6, 6.07) is 2.38. The van der Waals surface area contributed by atoms with Crippen LogP contribution in [0.15, 0.2) is 45.4 Å². The second kappa shape index (κ2) is 7.19. The second-order valence-electron chi connectivity index (χ2n) is 4.61. The van der Waals surface area contributed by atoms with Gasteiger partial charge in [0.1, 0.15) is 5.82 Å². The molecule has 1 aliphatic carbocycles. The molecule has 0 aliphatic heterocycles. The number of benzene rings is 1. The fraction of sp³-hybridized carbons (Fsp3) is 0.267. The largest absolute Gasteiger partial charge is 0.465 e. The molecule has 0 heterocycles. The number of likely N-dealkylation sites (N-methyl/N-ethyl adjacent to an activating group) is 1. The van der Waals surface area contributed by atoms with Crippen molar-refractivity contribution in [2.75, 3.05) is 14.2 Å². The van der Waals surface area contributed by atoms with E-state index in [0.29, 0.717) is 0 Å². The first-order valence-corrected chi connectivity index (χ1v) is 8.45. The third-order valence-electron chi connectivity index (χ3n) is 3.20. The zero-order valence-corrected chi connectivity index (χ0v) is 14.5. The van der Waals surface area contributed by atoms with Gasteiger partial charge in [0.2, 0.25) is 0 Å². The van der Waals surface area contributed by atoms with Crippen molar-refractivity contribution in [2.24, 2.45) is 0 Å². The highest BCUT2D eigenvalue weighted by atomic mass is 79.9. The van der Waals surface area contributed by atoms with Gasteiger partial charge in [-0.3, -0.25) is 4.31 Å². The summed E-state index contributed by atoms with van der Waals surface area (Å²) in [4.78, 5) is 12.0. The minimum Gasteiger partial charge on any atom is -0.465 e. The van der Waals surface area contributed by atoms with Gasteiger partial charge in [-0.25, -0.2) is 13.4 Å². The van der Waals surface area contributed by atoms with Crippen LogP contribution in [-0.4, -0.2) is 28.6 Å². The lowest BCUT2D eigenvalue weighted by molar-refractivity contribution is 0.0596. The number of hydrogen-bond donors (Lipinski definition) is 0. The maximum Gasteiger partial charge on any atom is 0.339 e. The summed E-state index contributed by atoms with van der Waals surface area (Å²) in [6.07, 6.45) is 7.64. The Hall–Kier alpha value is -1.47. The van der Waals surface area contributed by atoms with Gasteiger partial charge in [-0.05, 0) is 47.0 Å². The molecule has 1 unspecified atom stereocenters. The third kappa shape index (κ3) is 3.47. The number of carbonyl (C=O) groups is 1. The Morgan fingerprint density at radius 2 is 2.14 bits per heavy atom. The van der Waals surface area contributed by atoms with Crippen molar-refractivity contribution in [1.29, 1.82) is 0 Å². The standard InChI is InChI=1S/C15H15BrFNO3S/c1-18(10-6-4-3-5-7-10)22(20)14-9-12(16)13(17)8-11(14)15(19)21-2/h4,6-9H,3,5H2,1-2H3. The molecule has 1 atom stereocenters. The van der Waals surface area contributed by atoms with Crippen molar-refractivity contribution in [3.05, 3.63) is 51.9 Å². The van der Waals surface area contributed by atoms with E-state index in [0.717, 1.165) is 24.6 Å².